The SMILES string of the molecule is Cc1cc(NC(=O)c2ccc(-c3ccc(Cl)c(Cl)c3)o2)ccc1-c1ccc(CO)o1. The second kappa shape index (κ2) is 8.40. The number of amides is 1. The molecule has 0 saturated carbocycles. The maximum absolute atomic E-state index is 12.6. The van der Waals surface area contributed by atoms with E-state index < -0.39 is 0 Å². The molecule has 2 N–H and O–H groups in total. The molecule has 2 aromatic heterocycles. The van der Waals surface area contributed by atoms with Gasteiger partial charge in [0, 0.05) is 16.8 Å². The number of aliphatic hydroxyl groups excluding tert-OH is 1. The van der Waals surface area contributed by atoms with Gasteiger partial charge >= 0.3 is 0 Å². The fourth-order valence-electron chi connectivity index (χ4n) is 3.08. The van der Waals surface area contributed by atoms with Crippen molar-refractivity contribution in [1.82, 2.24) is 0 Å². The molecule has 152 valence electrons. The van der Waals surface area contributed by atoms with Crippen LogP contribution >= 0.6 is 23.2 Å². The molecule has 0 radical (unpaired) electrons. The Bertz CT molecular complexity index is 1230. The minimum atomic E-state index is -0.367. The summed E-state index contributed by atoms with van der Waals surface area (Å²) in [4.78, 5) is 12.6. The van der Waals surface area contributed by atoms with Crippen molar-refractivity contribution in [2.45, 2.75) is 13.5 Å². The molecular formula is C23H17Cl2NO4. The van der Waals surface area contributed by atoms with Gasteiger partial charge in [-0.05, 0) is 73.2 Å². The molecule has 0 saturated heterocycles. The molecule has 5 nitrogen and oxygen atoms in total. The van der Waals surface area contributed by atoms with E-state index in [-0.39, 0.29) is 18.3 Å². The number of anilines is 1. The van der Waals surface area contributed by atoms with Gasteiger partial charge in [0.05, 0.1) is 10.0 Å². The number of hydrogen-bond acceptors (Lipinski definition) is 4. The van der Waals surface area contributed by atoms with Gasteiger partial charge in [-0.2, -0.15) is 0 Å². The summed E-state index contributed by atoms with van der Waals surface area (Å²) in [5.41, 5.74) is 3.15. The van der Waals surface area contributed by atoms with Crippen LogP contribution in [-0.4, -0.2) is 11.0 Å². The number of halogens is 2. The van der Waals surface area contributed by atoms with Gasteiger partial charge in [-0.15, -0.1) is 0 Å². The van der Waals surface area contributed by atoms with Gasteiger partial charge < -0.3 is 19.3 Å². The maximum atomic E-state index is 12.6. The third-order valence-electron chi connectivity index (χ3n) is 4.60. The molecule has 30 heavy (non-hydrogen) atoms. The van der Waals surface area contributed by atoms with Crippen LogP contribution in [0.15, 0.2) is 69.5 Å². The van der Waals surface area contributed by atoms with E-state index in [4.69, 9.17) is 37.1 Å². The van der Waals surface area contributed by atoms with E-state index in [9.17, 15) is 4.79 Å². The summed E-state index contributed by atoms with van der Waals surface area (Å²) in [7, 11) is 0. The maximum Gasteiger partial charge on any atom is 0.291 e. The fraction of sp³-hybridized carbons (Fsp3) is 0.0870. The predicted octanol–water partition coefficient (Wildman–Crippen LogP) is 6.57. The van der Waals surface area contributed by atoms with Crippen LogP contribution in [0.3, 0.4) is 0 Å². The number of rotatable bonds is 5. The number of aliphatic hydroxyl groups is 1. The zero-order valence-electron chi connectivity index (χ0n) is 15.9. The van der Waals surface area contributed by atoms with Gasteiger partial charge in [-0.25, -0.2) is 0 Å². The minimum Gasteiger partial charge on any atom is -0.459 e. The van der Waals surface area contributed by atoms with Crippen LogP contribution in [0.2, 0.25) is 10.0 Å². The number of benzene rings is 2. The van der Waals surface area contributed by atoms with Crippen molar-refractivity contribution < 1.29 is 18.7 Å². The third kappa shape index (κ3) is 4.14. The molecule has 0 aliphatic rings. The van der Waals surface area contributed by atoms with E-state index in [1.165, 1.54) is 0 Å². The molecule has 4 aromatic rings. The molecule has 1 amide bonds. The summed E-state index contributed by atoms with van der Waals surface area (Å²) in [6, 6.07) is 17.5. The lowest BCUT2D eigenvalue weighted by Gasteiger charge is -2.08. The highest BCUT2D eigenvalue weighted by Gasteiger charge is 2.15. The number of hydrogen-bond donors (Lipinski definition) is 2. The zero-order valence-corrected chi connectivity index (χ0v) is 17.4. The summed E-state index contributed by atoms with van der Waals surface area (Å²) in [5.74, 6) is 1.48. The zero-order chi connectivity index (χ0) is 21.3. The highest BCUT2D eigenvalue weighted by Crippen LogP contribution is 2.31. The standard InChI is InChI=1S/C23H17Cl2NO4/c1-13-10-15(3-5-17(13)21-7-4-16(12-27)29-21)26-23(28)22-9-8-20(30-22)14-2-6-18(24)19(25)11-14/h2-11,27H,12H2,1H3,(H,26,28). The van der Waals surface area contributed by atoms with Gasteiger partial charge in [-0.1, -0.05) is 23.2 Å². The van der Waals surface area contributed by atoms with E-state index in [1.54, 1.807) is 48.5 Å². The highest BCUT2D eigenvalue weighted by atomic mass is 35.5. The molecule has 0 aliphatic carbocycles. The van der Waals surface area contributed by atoms with Gasteiger partial charge in [0.15, 0.2) is 5.76 Å². The van der Waals surface area contributed by atoms with Gasteiger partial charge in [0.2, 0.25) is 0 Å². The second-order valence-electron chi connectivity index (χ2n) is 6.70. The third-order valence-corrected chi connectivity index (χ3v) is 5.34. The van der Waals surface area contributed by atoms with Gasteiger partial charge in [0.1, 0.15) is 23.9 Å². The topological polar surface area (TPSA) is 75.6 Å². The number of aryl methyl sites for hydroxylation is 1. The first-order valence-corrected chi connectivity index (χ1v) is 9.87. The minimum absolute atomic E-state index is 0.152. The van der Waals surface area contributed by atoms with Gasteiger partial charge in [0.25, 0.3) is 5.91 Å². The molecular weight excluding hydrogens is 425 g/mol. The largest absolute Gasteiger partial charge is 0.459 e. The first-order chi connectivity index (χ1) is 14.4. The lowest BCUT2D eigenvalue weighted by molar-refractivity contribution is 0.0997. The van der Waals surface area contributed by atoms with E-state index in [1.807, 2.05) is 19.1 Å². The van der Waals surface area contributed by atoms with Crippen molar-refractivity contribution >= 4 is 34.8 Å². The Morgan fingerprint density at radius 3 is 2.43 bits per heavy atom. The molecule has 4 rings (SSSR count). The molecule has 7 heteroatoms. The Morgan fingerprint density at radius 1 is 0.933 bits per heavy atom. The molecule has 2 heterocycles. The van der Waals surface area contributed by atoms with Gasteiger partial charge in [-0.3, -0.25) is 4.79 Å². The van der Waals surface area contributed by atoms with E-state index >= 15 is 0 Å². The molecule has 2 aromatic carbocycles. The number of nitrogens with one attached hydrogen (secondary N) is 1. The van der Waals surface area contributed by atoms with Crippen molar-refractivity contribution in [1.29, 1.82) is 0 Å². The average Bonchev–Trinajstić information content (AvgIpc) is 3.40. The predicted molar refractivity (Wildman–Crippen MR) is 117 cm³/mol. The number of carbonyl (C=O) groups excluding carboxylic acids is 1. The van der Waals surface area contributed by atoms with Crippen molar-refractivity contribution in [3.63, 3.8) is 0 Å². The molecule has 0 unspecified atom stereocenters. The lowest BCUT2D eigenvalue weighted by atomic mass is 10.1. The molecule has 0 bridgehead atoms. The van der Waals surface area contributed by atoms with Crippen LogP contribution in [0.25, 0.3) is 22.6 Å². The van der Waals surface area contributed by atoms with Crippen LogP contribution in [-0.2, 0) is 6.61 Å². The molecule has 0 spiro atoms. The number of furan rings is 2. The number of carbonyl (C=O) groups is 1. The lowest BCUT2D eigenvalue weighted by Crippen LogP contribution is -2.10. The summed E-state index contributed by atoms with van der Waals surface area (Å²) < 4.78 is 11.3. The summed E-state index contributed by atoms with van der Waals surface area (Å²) >= 11 is 12.0. The Hall–Kier alpha value is -2.99. The first-order valence-electron chi connectivity index (χ1n) is 9.12. The Labute approximate surface area is 182 Å². The van der Waals surface area contributed by atoms with Crippen molar-refractivity contribution in [2.75, 3.05) is 5.32 Å². The van der Waals surface area contributed by atoms with E-state index in [2.05, 4.69) is 5.32 Å². The summed E-state index contributed by atoms with van der Waals surface area (Å²) in [5, 5.41) is 12.8. The monoisotopic (exact) mass is 441 g/mol. The van der Waals surface area contributed by atoms with E-state index in [0.717, 1.165) is 16.7 Å². The van der Waals surface area contributed by atoms with Crippen LogP contribution in [0.1, 0.15) is 21.9 Å². The summed E-state index contributed by atoms with van der Waals surface area (Å²) in [6.45, 7) is 1.77. The van der Waals surface area contributed by atoms with Crippen LogP contribution in [0.4, 0.5) is 5.69 Å². The summed E-state index contributed by atoms with van der Waals surface area (Å²) in [6.07, 6.45) is 0. The molecule has 0 atom stereocenters. The average molecular weight is 442 g/mol. The Balaban J connectivity index is 1.51. The second-order valence-corrected chi connectivity index (χ2v) is 7.52. The molecule has 0 fully saturated rings. The molecule has 0 aliphatic heterocycles. The quantitative estimate of drug-likeness (QED) is 0.367. The van der Waals surface area contributed by atoms with Crippen molar-refractivity contribution in [3.8, 4) is 22.6 Å². The Kier molecular flexibility index (Phi) is 5.68. The first kappa shape index (κ1) is 20.3. The normalized spacial score (nSPS) is 10.9. The highest BCUT2D eigenvalue weighted by molar-refractivity contribution is 6.42. The smallest absolute Gasteiger partial charge is 0.291 e. The fourth-order valence-corrected chi connectivity index (χ4v) is 3.38. The van der Waals surface area contributed by atoms with E-state index in [0.29, 0.717) is 33.0 Å². The van der Waals surface area contributed by atoms with Crippen LogP contribution in [0.5, 0.6) is 0 Å². The van der Waals surface area contributed by atoms with Crippen molar-refractivity contribution in [3.05, 3.63) is 87.8 Å². The van der Waals surface area contributed by atoms with Crippen LogP contribution in [0, 0.1) is 6.92 Å². The van der Waals surface area contributed by atoms with Crippen molar-refractivity contribution in [2.24, 2.45) is 0 Å². The Morgan fingerprint density at radius 2 is 1.73 bits per heavy atom. The van der Waals surface area contributed by atoms with Crippen LogP contribution < -0.4 is 5.32 Å².